The van der Waals surface area contributed by atoms with Crippen LogP contribution in [0.4, 0.5) is 11.4 Å². The lowest BCUT2D eigenvalue weighted by Gasteiger charge is -2.15. The normalized spacial score (nSPS) is 11.5. The van der Waals surface area contributed by atoms with E-state index < -0.39 is 5.97 Å². The zero-order valence-corrected chi connectivity index (χ0v) is 18.4. The van der Waals surface area contributed by atoms with Gasteiger partial charge >= 0.3 is 5.97 Å². The van der Waals surface area contributed by atoms with Gasteiger partial charge in [-0.05, 0) is 49.7 Å². The number of amides is 2. The van der Waals surface area contributed by atoms with E-state index in [1.165, 1.54) is 18.9 Å². The van der Waals surface area contributed by atoms with Gasteiger partial charge in [0.15, 0.2) is 0 Å². The molecule has 0 aromatic heterocycles. The minimum Gasteiger partial charge on any atom is -0.495 e. The van der Waals surface area contributed by atoms with E-state index in [0.29, 0.717) is 22.1 Å². The zero-order chi connectivity index (χ0) is 22.3. The van der Waals surface area contributed by atoms with Crippen molar-refractivity contribution >= 4 is 52.5 Å². The molecule has 0 radical (unpaired) electrons. The molecule has 0 saturated carbocycles. The summed E-state index contributed by atoms with van der Waals surface area (Å²) in [6.45, 7) is 3.63. The predicted molar refractivity (Wildman–Crippen MR) is 119 cm³/mol. The molecule has 9 heteroatoms. The first-order chi connectivity index (χ1) is 14.2. The molecule has 2 aromatic rings. The summed E-state index contributed by atoms with van der Waals surface area (Å²) in [5.41, 5.74) is 1.94. The number of carbonyl (C=O) groups is 3. The minimum atomic E-state index is -1.02. The molecule has 0 heterocycles. The molecule has 1 atom stereocenters. The van der Waals surface area contributed by atoms with Gasteiger partial charge in [0.05, 0.1) is 24.5 Å². The second-order valence-corrected chi connectivity index (χ2v) is 8.34. The molecule has 0 fully saturated rings. The SMILES string of the molecule is COc1cc(Cl)c(C)cc1NC(=O)C(C)Sc1ccc(NC(=O)CCC(=O)O)cc1. The molecule has 0 aliphatic heterocycles. The quantitative estimate of drug-likeness (QED) is 0.483. The van der Waals surface area contributed by atoms with Crippen LogP contribution < -0.4 is 15.4 Å². The summed E-state index contributed by atoms with van der Waals surface area (Å²) in [6, 6.07) is 10.4. The van der Waals surface area contributed by atoms with Gasteiger partial charge in [0.2, 0.25) is 11.8 Å². The number of aryl methyl sites for hydroxylation is 1. The number of anilines is 2. The number of aliphatic carboxylic acids is 1. The predicted octanol–water partition coefficient (Wildman–Crippen LogP) is 4.58. The maximum Gasteiger partial charge on any atom is 0.303 e. The summed E-state index contributed by atoms with van der Waals surface area (Å²) in [5, 5.41) is 14.3. The molecule has 0 aliphatic carbocycles. The van der Waals surface area contributed by atoms with Gasteiger partial charge < -0.3 is 20.5 Å². The average Bonchev–Trinajstić information content (AvgIpc) is 2.70. The number of rotatable bonds is 9. The standard InChI is InChI=1S/C21H23ClN2O5S/c1-12-10-17(18(29-3)11-16(12)22)24-21(28)13(2)30-15-6-4-14(5-7-15)23-19(25)8-9-20(26)27/h4-7,10-11,13H,8-9H2,1-3H3,(H,23,25)(H,24,28)(H,26,27). The Hall–Kier alpha value is -2.71. The Labute approximate surface area is 184 Å². The van der Waals surface area contributed by atoms with Crippen molar-refractivity contribution in [3.63, 3.8) is 0 Å². The number of carbonyl (C=O) groups excluding carboxylic acids is 2. The fraction of sp³-hybridized carbons (Fsp3) is 0.286. The van der Waals surface area contributed by atoms with Gasteiger partial charge in [0, 0.05) is 28.1 Å². The first kappa shape index (κ1) is 23.6. The average molecular weight is 451 g/mol. The van der Waals surface area contributed by atoms with Gasteiger partial charge in [-0.1, -0.05) is 11.6 Å². The van der Waals surface area contributed by atoms with Gasteiger partial charge in [0.1, 0.15) is 5.75 Å². The molecular formula is C21H23ClN2O5S. The number of methoxy groups -OCH3 is 1. The second-order valence-electron chi connectivity index (χ2n) is 6.52. The van der Waals surface area contributed by atoms with E-state index >= 15 is 0 Å². The Kier molecular flexibility index (Phi) is 8.56. The first-order valence-corrected chi connectivity index (χ1v) is 10.4. The summed E-state index contributed by atoms with van der Waals surface area (Å²) < 4.78 is 5.28. The first-order valence-electron chi connectivity index (χ1n) is 9.13. The summed E-state index contributed by atoms with van der Waals surface area (Å²) >= 11 is 7.46. The van der Waals surface area contributed by atoms with Crippen LogP contribution in [0.5, 0.6) is 5.75 Å². The highest BCUT2D eigenvalue weighted by Crippen LogP contribution is 2.32. The van der Waals surface area contributed by atoms with Crippen molar-refractivity contribution in [2.24, 2.45) is 0 Å². The fourth-order valence-corrected chi connectivity index (χ4v) is 3.50. The molecule has 0 spiro atoms. The van der Waals surface area contributed by atoms with Gasteiger partial charge in [-0.2, -0.15) is 0 Å². The zero-order valence-electron chi connectivity index (χ0n) is 16.8. The number of halogens is 1. The van der Waals surface area contributed by atoms with E-state index in [1.54, 1.807) is 43.3 Å². The molecule has 3 N–H and O–H groups in total. The second kappa shape index (κ2) is 10.9. The molecule has 2 amide bonds. The lowest BCUT2D eigenvalue weighted by molar-refractivity contribution is -0.138. The van der Waals surface area contributed by atoms with E-state index in [0.717, 1.165) is 10.5 Å². The minimum absolute atomic E-state index is 0.0866. The Bertz CT molecular complexity index is 934. The van der Waals surface area contributed by atoms with Crippen molar-refractivity contribution in [2.45, 2.75) is 36.8 Å². The van der Waals surface area contributed by atoms with E-state index in [-0.39, 0.29) is 29.9 Å². The van der Waals surface area contributed by atoms with Crippen LogP contribution in [0.15, 0.2) is 41.3 Å². The molecule has 7 nitrogen and oxygen atoms in total. The largest absolute Gasteiger partial charge is 0.495 e. The monoisotopic (exact) mass is 450 g/mol. The summed E-state index contributed by atoms with van der Waals surface area (Å²) in [5.74, 6) is -1.08. The third-order valence-electron chi connectivity index (χ3n) is 4.12. The van der Waals surface area contributed by atoms with Crippen molar-refractivity contribution in [1.29, 1.82) is 0 Å². The number of hydrogen-bond donors (Lipinski definition) is 3. The third-order valence-corrected chi connectivity index (χ3v) is 5.64. The van der Waals surface area contributed by atoms with Crippen LogP contribution in [-0.4, -0.2) is 35.2 Å². The van der Waals surface area contributed by atoms with E-state index in [9.17, 15) is 14.4 Å². The highest BCUT2D eigenvalue weighted by Gasteiger charge is 2.17. The van der Waals surface area contributed by atoms with Crippen molar-refractivity contribution in [3.05, 3.63) is 47.0 Å². The van der Waals surface area contributed by atoms with E-state index in [4.69, 9.17) is 21.4 Å². The van der Waals surface area contributed by atoms with Crippen molar-refractivity contribution in [1.82, 2.24) is 0 Å². The summed E-state index contributed by atoms with van der Waals surface area (Å²) in [6.07, 6.45) is -0.305. The number of ether oxygens (including phenoxy) is 1. The number of carboxylic acids is 1. The molecule has 160 valence electrons. The van der Waals surface area contributed by atoms with Crippen LogP contribution >= 0.6 is 23.4 Å². The highest BCUT2D eigenvalue weighted by atomic mass is 35.5. The van der Waals surface area contributed by atoms with Crippen LogP contribution in [0.25, 0.3) is 0 Å². The number of thioether (sulfide) groups is 1. The van der Waals surface area contributed by atoms with Crippen LogP contribution in [-0.2, 0) is 14.4 Å². The topological polar surface area (TPSA) is 105 Å². The smallest absolute Gasteiger partial charge is 0.303 e. The Morgan fingerprint density at radius 3 is 2.40 bits per heavy atom. The fourth-order valence-electron chi connectivity index (χ4n) is 2.48. The van der Waals surface area contributed by atoms with Crippen LogP contribution in [0.2, 0.25) is 5.02 Å². The van der Waals surface area contributed by atoms with E-state index in [2.05, 4.69) is 10.6 Å². The van der Waals surface area contributed by atoms with Gasteiger partial charge in [-0.25, -0.2) is 0 Å². The van der Waals surface area contributed by atoms with Crippen molar-refractivity contribution in [3.8, 4) is 5.75 Å². The van der Waals surface area contributed by atoms with Crippen LogP contribution in [0.1, 0.15) is 25.3 Å². The van der Waals surface area contributed by atoms with Gasteiger partial charge in [-0.15, -0.1) is 11.8 Å². The molecule has 0 aliphatic rings. The molecule has 2 aromatic carbocycles. The van der Waals surface area contributed by atoms with Crippen molar-refractivity contribution < 1.29 is 24.2 Å². The number of carboxylic acid groups (broad SMARTS) is 1. The maximum atomic E-state index is 12.6. The Balaban J connectivity index is 1.95. The van der Waals surface area contributed by atoms with Crippen LogP contribution in [0.3, 0.4) is 0 Å². The Morgan fingerprint density at radius 1 is 1.13 bits per heavy atom. The molecule has 0 saturated heterocycles. The number of benzene rings is 2. The van der Waals surface area contributed by atoms with Crippen molar-refractivity contribution in [2.75, 3.05) is 17.7 Å². The number of nitrogens with one attached hydrogen (secondary N) is 2. The Morgan fingerprint density at radius 2 is 1.80 bits per heavy atom. The summed E-state index contributed by atoms with van der Waals surface area (Å²) in [4.78, 5) is 35.6. The highest BCUT2D eigenvalue weighted by molar-refractivity contribution is 8.00. The van der Waals surface area contributed by atoms with Gasteiger partial charge in [-0.3, -0.25) is 14.4 Å². The summed E-state index contributed by atoms with van der Waals surface area (Å²) in [7, 11) is 1.51. The number of hydrogen-bond acceptors (Lipinski definition) is 5. The lowest BCUT2D eigenvalue weighted by atomic mass is 10.2. The molecule has 2 rings (SSSR count). The lowest BCUT2D eigenvalue weighted by Crippen LogP contribution is -2.22. The molecule has 0 bridgehead atoms. The van der Waals surface area contributed by atoms with Crippen LogP contribution in [0, 0.1) is 6.92 Å². The molecular weight excluding hydrogens is 428 g/mol. The van der Waals surface area contributed by atoms with E-state index in [1.807, 2.05) is 6.92 Å². The van der Waals surface area contributed by atoms with Gasteiger partial charge in [0.25, 0.3) is 0 Å². The maximum absolute atomic E-state index is 12.6. The third kappa shape index (κ3) is 6.96. The molecule has 30 heavy (non-hydrogen) atoms. The molecule has 1 unspecified atom stereocenters.